The van der Waals surface area contributed by atoms with Crippen molar-refractivity contribution in [3.8, 4) is 23.0 Å². The molecule has 0 saturated heterocycles. The number of carbonyl (C=O) groups excluding carboxylic acids is 1. The van der Waals surface area contributed by atoms with Crippen LogP contribution in [-0.2, 0) is 0 Å². The van der Waals surface area contributed by atoms with Gasteiger partial charge < -0.3 is 23.8 Å². The van der Waals surface area contributed by atoms with Crippen LogP contribution in [-0.4, -0.2) is 51.3 Å². The van der Waals surface area contributed by atoms with E-state index in [2.05, 4.69) is 0 Å². The van der Waals surface area contributed by atoms with Crippen LogP contribution in [0, 0.1) is 0 Å². The van der Waals surface area contributed by atoms with Gasteiger partial charge in [0.15, 0.2) is 11.5 Å². The Bertz CT molecular complexity index is 794. The molecule has 0 atom stereocenters. The third-order valence-electron chi connectivity index (χ3n) is 4.15. The quantitative estimate of drug-likeness (QED) is 0.752. The highest BCUT2D eigenvalue weighted by Gasteiger charge is 2.20. The number of fused-ring (bicyclic) bond motifs is 1. The molecule has 0 radical (unpaired) electrons. The molecule has 27 heavy (non-hydrogen) atoms. The van der Waals surface area contributed by atoms with Gasteiger partial charge >= 0.3 is 0 Å². The lowest BCUT2D eigenvalue weighted by molar-refractivity contribution is 0.0773. The number of benzene rings is 2. The fraction of sp³-hybridized carbons (Fsp3) is 0.350. The van der Waals surface area contributed by atoms with E-state index in [1.54, 1.807) is 31.2 Å². The summed E-state index contributed by atoms with van der Waals surface area (Å²) in [6.45, 7) is 1.87. The first-order chi connectivity index (χ1) is 13.1. The minimum atomic E-state index is -0.161. The summed E-state index contributed by atoms with van der Waals surface area (Å²) in [5, 5.41) is 0.376. The molecule has 1 aliphatic rings. The molecule has 6 nitrogen and oxygen atoms in total. The van der Waals surface area contributed by atoms with Crippen molar-refractivity contribution in [3.63, 3.8) is 0 Å². The Balaban J connectivity index is 1.59. The van der Waals surface area contributed by atoms with Crippen LogP contribution in [0.5, 0.6) is 23.0 Å². The van der Waals surface area contributed by atoms with Gasteiger partial charge in [-0.3, -0.25) is 4.79 Å². The minimum Gasteiger partial charge on any atom is -0.497 e. The van der Waals surface area contributed by atoms with Gasteiger partial charge in [0.1, 0.15) is 18.1 Å². The van der Waals surface area contributed by atoms with Crippen molar-refractivity contribution in [2.24, 2.45) is 0 Å². The van der Waals surface area contributed by atoms with Crippen molar-refractivity contribution in [2.75, 3.05) is 40.5 Å². The van der Waals surface area contributed by atoms with Gasteiger partial charge in [-0.1, -0.05) is 11.6 Å². The number of halogens is 1. The number of hydrogen-bond donors (Lipinski definition) is 0. The molecule has 1 aliphatic heterocycles. The van der Waals surface area contributed by atoms with Gasteiger partial charge in [0, 0.05) is 19.0 Å². The Morgan fingerprint density at radius 2 is 1.85 bits per heavy atom. The predicted octanol–water partition coefficient (Wildman–Crippen LogP) is 3.66. The van der Waals surface area contributed by atoms with Crippen molar-refractivity contribution in [1.82, 2.24) is 4.90 Å². The number of nitrogens with zero attached hydrogens (tertiary/aromatic N) is 1. The molecule has 0 bridgehead atoms. The van der Waals surface area contributed by atoms with Crippen LogP contribution in [0.4, 0.5) is 0 Å². The van der Waals surface area contributed by atoms with E-state index < -0.39 is 0 Å². The fourth-order valence-electron chi connectivity index (χ4n) is 2.65. The van der Waals surface area contributed by atoms with Crippen LogP contribution in [0.3, 0.4) is 0 Å². The van der Waals surface area contributed by atoms with Gasteiger partial charge in [-0.05, 0) is 36.4 Å². The summed E-state index contributed by atoms with van der Waals surface area (Å²) in [4.78, 5) is 14.3. The van der Waals surface area contributed by atoms with Gasteiger partial charge in [0.25, 0.3) is 5.91 Å². The van der Waals surface area contributed by atoms with Gasteiger partial charge in [0.05, 0.1) is 31.9 Å². The van der Waals surface area contributed by atoms with E-state index in [-0.39, 0.29) is 5.91 Å². The first-order valence-corrected chi connectivity index (χ1v) is 9.07. The van der Waals surface area contributed by atoms with Crippen LogP contribution in [0.25, 0.3) is 0 Å². The van der Waals surface area contributed by atoms with Gasteiger partial charge in [-0.25, -0.2) is 0 Å². The maximum Gasteiger partial charge on any atom is 0.253 e. The van der Waals surface area contributed by atoms with E-state index in [4.69, 9.17) is 30.5 Å². The van der Waals surface area contributed by atoms with Crippen LogP contribution in [0.2, 0.25) is 5.02 Å². The summed E-state index contributed by atoms with van der Waals surface area (Å²) in [5.74, 6) is 2.32. The number of hydrogen-bond acceptors (Lipinski definition) is 5. The summed E-state index contributed by atoms with van der Waals surface area (Å²) in [6, 6.07) is 10.6. The molecule has 0 aromatic heterocycles. The van der Waals surface area contributed by atoms with Gasteiger partial charge in [0.2, 0.25) is 0 Å². The zero-order valence-corrected chi connectivity index (χ0v) is 16.1. The molecule has 0 spiro atoms. The largest absolute Gasteiger partial charge is 0.497 e. The first-order valence-electron chi connectivity index (χ1n) is 8.70. The van der Waals surface area contributed by atoms with Crippen LogP contribution in [0.15, 0.2) is 36.4 Å². The third kappa shape index (κ3) is 4.77. The highest BCUT2D eigenvalue weighted by molar-refractivity contribution is 6.32. The molecule has 0 aliphatic carbocycles. The zero-order chi connectivity index (χ0) is 19.2. The van der Waals surface area contributed by atoms with E-state index >= 15 is 0 Å². The fourth-order valence-corrected chi connectivity index (χ4v) is 2.91. The molecule has 1 amide bonds. The summed E-state index contributed by atoms with van der Waals surface area (Å²) in [5.41, 5.74) is 0.455. The van der Waals surface area contributed by atoms with E-state index in [1.165, 1.54) is 0 Å². The highest BCUT2D eigenvalue weighted by Crippen LogP contribution is 2.38. The molecule has 3 rings (SSSR count). The molecule has 2 aromatic carbocycles. The number of likely N-dealkylation sites (N-methyl/N-ethyl adjacent to an activating group) is 1. The number of carbonyl (C=O) groups is 1. The summed E-state index contributed by atoms with van der Waals surface area (Å²) in [6.07, 6.45) is 0.775. The molecule has 2 aromatic rings. The number of rotatable bonds is 6. The molecule has 0 unspecified atom stereocenters. The van der Waals surface area contributed by atoms with E-state index in [9.17, 15) is 4.79 Å². The van der Waals surface area contributed by atoms with E-state index in [0.717, 1.165) is 17.9 Å². The van der Waals surface area contributed by atoms with E-state index in [1.807, 2.05) is 24.3 Å². The van der Waals surface area contributed by atoms with E-state index in [0.29, 0.717) is 48.5 Å². The second-order valence-electron chi connectivity index (χ2n) is 6.09. The first kappa shape index (κ1) is 19.2. The maximum atomic E-state index is 12.7. The standard InChI is InChI=1S/C20H22ClNO5/c1-22(8-11-25-16-6-4-15(24-2)5-7-16)20(23)14-12-17(21)19-18(13-14)26-9-3-10-27-19/h4-7,12-13H,3,8-11H2,1-2H3. The lowest BCUT2D eigenvalue weighted by atomic mass is 10.1. The Labute approximate surface area is 163 Å². The van der Waals surface area contributed by atoms with Crippen molar-refractivity contribution in [1.29, 1.82) is 0 Å². The van der Waals surface area contributed by atoms with Gasteiger partial charge in [-0.2, -0.15) is 0 Å². The zero-order valence-electron chi connectivity index (χ0n) is 15.4. The molecule has 0 N–H and O–H groups in total. The summed E-state index contributed by atoms with van der Waals surface area (Å²) < 4.78 is 22.0. The second-order valence-corrected chi connectivity index (χ2v) is 6.49. The number of ether oxygens (including phenoxy) is 4. The molecule has 0 saturated carbocycles. The number of methoxy groups -OCH3 is 1. The average Bonchev–Trinajstić information content (AvgIpc) is 2.93. The Kier molecular flexibility index (Phi) is 6.29. The van der Waals surface area contributed by atoms with Crippen molar-refractivity contribution in [3.05, 3.63) is 47.0 Å². The summed E-state index contributed by atoms with van der Waals surface area (Å²) in [7, 11) is 3.33. The van der Waals surface area contributed by atoms with Crippen molar-refractivity contribution >= 4 is 17.5 Å². The molecule has 7 heteroatoms. The lowest BCUT2D eigenvalue weighted by Crippen LogP contribution is -2.30. The Hall–Kier alpha value is -2.60. The van der Waals surface area contributed by atoms with Crippen LogP contribution < -0.4 is 18.9 Å². The predicted molar refractivity (Wildman–Crippen MR) is 103 cm³/mol. The number of amides is 1. The monoisotopic (exact) mass is 391 g/mol. The van der Waals surface area contributed by atoms with Gasteiger partial charge in [-0.15, -0.1) is 0 Å². The van der Waals surface area contributed by atoms with Crippen molar-refractivity contribution < 1.29 is 23.7 Å². The molecular weight excluding hydrogens is 370 g/mol. The topological polar surface area (TPSA) is 57.2 Å². The summed E-state index contributed by atoms with van der Waals surface area (Å²) >= 11 is 6.27. The second kappa shape index (κ2) is 8.86. The van der Waals surface area contributed by atoms with Crippen LogP contribution in [0.1, 0.15) is 16.8 Å². The molecule has 1 heterocycles. The lowest BCUT2D eigenvalue weighted by Gasteiger charge is -2.19. The minimum absolute atomic E-state index is 0.161. The molecule has 0 fully saturated rings. The normalized spacial score (nSPS) is 12.9. The molecule has 144 valence electrons. The Morgan fingerprint density at radius 1 is 1.15 bits per heavy atom. The van der Waals surface area contributed by atoms with Crippen LogP contribution >= 0.6 is 11.6 Å². The third-order valence-corrected chi connectivity index (χ3v) is 4.43. The maximum absolute atomic E-state index is 12.7. The SMILES string of the molecule is COc1ccc(OCCN(C)C(=O)c2cc(Cl)c3c(c2)OCCCO3)cc1. The average molecular weight is 392 g/mol. The Morgan fingerprint density at radius 3 is 2.59 bits per heavy atom. The highest BCUT2D eigenvalue weighted by atomic mass is 35.5. The smallest absolute Gasteiger partial charge is 0.253 e. The van der Waals surface area contributed by atoms with Crippen molar-refractivity contribution in [2.45, 2.75) is 6.42 Å². The molecular formula is C20H22ClNO5.